The first kappa shape index (κ1) is 34.4. The second kappa shape index (κ2) is 15.7. The van der Waals surface area contributed by atoms with Gasteiger partial charge in [0.2, 0.25) is 21.8 Å². The van der Waals surface area contributed by atoms with Crippen molar-refractivity contribution in [2.45, 2.75) is 57.2 Å². The van der Waals surface area contributed by atoms with E-state index in [4.69, 9.17) is 32.7 Å². The van der Waals surface area contributed by atoms with Crippen LogP contribution in [0.2, 0.25) is 10.0 Å². The molecule has 1 fully saturated rings. The lowest BCUT2D eigenvalue weighted by Gasteiger charge is -2.35. The number of amides is 2. The molecule has 3 aromatic carbocycles. The molecule has 1 aliphatic rings. The number of nitrogens with one attached hydrogen (secondary N) is 1. The summed E-state index contributed by atoms with van der Waals surface area (Å²) in [6.45, 7) is -0.590. The fraction of sp³-hybridized carbons (Fsp3) is 0.394. The van der Waals surface area contributed by atoms with Crippen LogP contribution in [0.1, 0.15) is 43.2 Å². The van der Waals surface area contributed by atoms with Crippen LogP contribution in [0.5, 0.6) is 11.5 Å². The maximum atomic E-state index is 14.4. The SMILES string of the molecule is COc1ccc(N(CC(=O)N(Cc2ccc(Cl)c(Cl)c2)C(Cc2ccccc2)C(=O)NC2CCCCC2)S(C)(=O)=O)c(OC)c1. The number of benzene rings is 3. The molecule has 0 saturated heterocycles. The molecule has 0 aliphatic heterocycles. The van der Waals surface area contributed by atoms with Crippen LogP contribution in [0.3, 0.4) is 0 Å². The summed E-state index contributed by atoms with van der Waals surface area (Å²) < 4.78 is 38.1. The van der Waals surface area contributed by atoms with Crippen LogP contribution in [0, 0.1) is 0 Å². The number of carbonyl (C=O) groups is 2. The Bertz CT molecular complexity index is 1580. The number of hydrogen-bond acceptors (Lipinski definition) is 6. The Morgan fingerprint density at radius 1 is 0.911 bits per heavy atom. The normalized spacial score (nSPS) is 14.3. The highest BCUT2D eigenvalue weighted by atomic mass is 35.5. The van der Waals surface area contributed by atoms with Gasteiger partial charge in [-0.15, -0.1) is 0 Å². The van der Waals surface area contributed by atoms with Crippen LogP contribution in [0.4, 0.5) is 5.69 Å². The number of halogens is 2. The molecule has 0 heterocycles. The lowest BCUT2D eigenvalue weighted by Crippen LogP contribution is -2.55. The topological polar surface area (TPSA) is 105 Å². The van der Waals surface area contributed by atoms with E-state index in [-0.39, 0.29) is 36.4 Å². The third-order valence-electron chi connectivity index (χ3n) is 7.89. The smallest absolute Gasteiger partial charge is 0.244 e. The van der Waals surface area contributed by atoms with E-state index >= 15 is 0 Å². The zero-order valence-electron chi connectivity index (χ0n) is 25.7. The molecule has 2 amide bonds. The van der Waals surface area contributed by atoms with E-state index < -0.39 is 28.5 Å². The second-order valence-electron chi connectivity index (χ2n) is 11.1. The number of rotatable bonds is 13. The number of sulfonamides is 1. The van der Waals surface area contributed by atoms with Crippen LogP contribution < -0.4 is 19.1 Å². The molecule has 0 aromatic heterocycles. The van der Waals surface area contributed by atoms with Crippen molar-refractivity contribution in [3.63, 3.8) is 0 Å². The molecule has 0 radical (unpaired) electrons. The average molecular weight is 677 g/mol. The molecule has 0 bridgehead atoms. The van der Waals surface area contributed by atoms with Crippen molar-refractivity contribution in [2.24, 2.45) is 0 Å². The maximum Gasteiger partial charge on any atom is 0.244 e. The van der Waals surface area contributed by atoms with E-state index in [0.717, 1.165) is 48.2 Å². The molecule has 12 heteroatoms. The third-order valence-corrected chi connectivity index (χ3v) is 9.76. The highest BCUT2D eigenvalue weighted by Gasteiger charge is 2.35. The first-order valence-electron chi connectivity index (χ1n) is 14.8. The van der Waals surface area contributed by atoms with Gasteiger partial charge in [-0.1, -0.05) is 78.9 Å². The van der Waals surface area contributed by atoms with Gasteiger partial charge < -0.3 is 19.7 Å². The fourth-order valence-electron chi connectivity index (χ4n) is 5.52. The first-order chi connectivity index (χ1) is 21.5. The molecule has 45 heavy (non-hydrogen) atoms. The third kappa shape index (κ3) is 9.28. The largest absolute Gasteiger partial charge is 0.497 e. The number of anilines is 1. The van der Waals surface area contributed by atoms with Gasteiger partial charge in [-0.05, 0) is 48.2 Å². The Balaban J connectivity index is 1.76. The lowest BCUT2D eigenvalue weighted by molar-refractivity contribution is -0.140. The standard InChI is InChI=1S/C33H39Cl2N3O6S/c1-43-26-15-17-29(31(20-26)44-2)38(45(3,41)42)22-32(39)37(21-24-14-16-27(34)28(35)18-24)30(19-23-10-6-4-7-11-23)33(40)36-25-12-8-5-9-13-25/h4,6-7,10-11,14-18,20,25,30H,5,8-9,12-13,19,21-22H2,1-3H3,(H,36,40). The molecule has 1 atom stereocenters. The molecule has 4 rings (SSSR count). The Morgan fingerprint density at radius 3 is 2.24 bits per heavy atom. The van der Waals surface area contributed by atoms with Gasteiger partial charge >= 0.3 is 0 Å². The van der Waals surface area contributed by atoms with Gasteiger partial charge in [0.15, 0.2) is 0 Å². The van der Waals surface area contributed by atoms with Crippen molar-refractivity contribution in [1.29, 1.82) is 0 Å². The monoisotopic (exact) mass is 675 g/mol. The van der Waals surface area contributed by atoms with Crippen molar-refractivity contribution < 1.29 is 27.5 Å². The lowest BCUT2D eigenvalue weighted by atomic mass is 9.94. The Morgan fingerprint density at radius 2 is 1.62 bits per heavy atom. The van der Waals surface area contributed by atoms with Gasteiger partial charge in [0.25, 0.3) is 0 Å². The summed E-state index contributed by atoms with van der Waals surface area (Å²) >= 11 is 12.5. The van der Waals surface area contributed by atoms with Gasteiger partial charge in [-0.3, -0.25) is 13.9 Å². The van der Waals surface area contributed by atoms with Crippen molar-refractivity contribution >= 4 is 50.7 Å². The summed E-state index contributed by atoms with van der Waals surface area (Å²) in [6.07, 6.45) is 6.13. The average Bonchev–Trinajstić information content (AvgIpc) is 3.03. The van der Waals surface area contributed by atoms with Crippen LogP contribution >= 0.6 is 23.2 Å². The van der Waals surface area contributed by atoms with Crippen molar-refractivity contribution in [1.82, 2.24) is 10.2 Å². The minimum Gasteiger partial charge on any atom is -0.497 e. The van der Waals surface area contributed by atoms with E-state index in [1.165, 1.54) is 25.2 Å². The summed E-state index contributed by atoms with van der Waals surface area (Å²) in [6, 6.07) is 18.1. The molecular formula is C33H39Cl2N3O6S. The van der Waals surface area contributed by atoms with Crippen LogP contribution in [-0.2, 0) is 32.6 Å². The summed E-state index contributed by atoms with van der Waals surface area (Å²) in [5.41, 5.74) is 1.65. The summed E-state index contributed by atoms with van der Waals surface area (Å²) in [4.78, 5) is 29.9. The van der Waals surface area contributed by atoms with E-state index in [9.17, 15) is 18.0 Å². The summed E-state index contributed by atoms with van der Waals surface area (Å²) in [5.74, 6) is -0.213. The Labute approximate surface area is 275 Å². The number of ether oxygens (including phenoxy) is 2. The summed E-state index contributed by atoms with van der Waals surface area (Å²) in [5, 5.41) is 3.83. The zero-order valence-corrected chi connectivity index (χ0v) is 28.0. The molecule has 9 nitrogen and oxygen atoms in total. The number of hydrogen-bond donors (Lipinski definition) is 1. The van der Waals surface area contributed by atoms with Crippen LogP contribution in [0.25, 0.3) is 0 Å². The van der Waals surface area contributed by atoms with Crippen LogP contribution in [-0.4, -0.2) is 64.2 Å². The molecule has 1 saturated carbocycles. The minimum atomic E-state index is -3.99. The van der Waals surface area contributed by atoms with Gasteiger partial charge in [-0.25, -0.2) is 8.42 Å². The van der Waals surface area contributed by atoms with Gasteiger partial charge in [0.05, 0.1) is 36.2 Å². The van der Waals surface area contributed by atoms with Crippen molar-refractivity contribution in [3.05, 3.63) is 87.9 Å². The van der Waals surface area contributed by atoms with E-state index in [2.05, 4.69) is 5.32 Å². The fourth-order valence-corrected chi connectivity index (χ4v) is 6.69. The first-order valence-corrected chi connectivity index (χ1v) is 17.4. The number of methoxy groups -OCH3 is 2. The van der Waals surface area contributed by atoms with E-state index in [0.29, 0.717) is 21.4 Å². The highest BCUT2D eigenvalue weighted by molar-refractivity contribution is 7.92. The maximum absolute atomic E-state index is 14.4. The zero-order chi connectivity index (χ0) is 32.6. The van der Waals surface area contributed by atoms with Crippen molar-refractivity contribution in [2.75, 3.05) is 31.3 Å². The van der Waals surface area contributed by atoms with Crippen LogP contribution in [0.15, 0.2) is 66.7 Å². The minimum absolute atomic E-state index is 0.00234. The van der Waals surface area contributed by atoms with Gasteiger partial charge in [0, 0.05) is 25.1 Å². The molecule has 0 spiro atoms. The predicted molar refractivity (Wildman–Crippen MR) is 178 cm³/mol. The molecule has 1 aliphatic carbocycles. The predicted octanol–water partition coefficient (Wildman–Crippen LogP) is 5.87. The second-order valence-corrected chi connectivity index (χ2v) is 13.8. The summed E-state index contributed by atoms with van der Waals surface area (Å²) in [7, 11) is -1.10. The molecule has 1 N–H and O–H groups in total. The highest BCUT2D eigenvalue weighted by Crippen LogP contribution is 2.34. The van der Waals surface area contributed by atoms with E-state index in [1.807, 2.05) is 30.3 Å². The Hall–Kier alpha value is -3.47. The van der Waals surface area contributed by atoms with Crippen molar-refractivity contribution in [3.8, 4) is 11.5 Å². The molecule has 3 aromatic rings. The number of carbonyl (C=O) groups excluding carboxylic acids is 2. The molecular weight excluding hydrogens is 637 g/mol. The molecule has 242 valence electrons. The van der Waals surface area contributed by atoms with Gasteiger partial charge in [0.1, 0.15) is 24.1 Å². The number of nitrogens with zero attached hydrogens (tertiary/aromatic N) is 2. The Kier molecular flexibility index (Phi) is 12.0. The quantitative estimate of drug-likeness (QED) is 0.243. The molecule has 1 unspecified atom stereocenters. The van der Waals surface area contributed by atoms with Gasteiger partial charge in [-0.2, -0.15) is 0 Å². The van der Waals surface area contributed by atoms with E-state index in [1.54, 1.807) is 30.3 Å².